The van der Waals surface area contributed by atoms with E-state index in [2.05, 4.69) is 0 Å². The van der Waals surface area contributed by atoms with E-state index in [9.17, 15) is 4.79 Å². The summed E-state index contributed by atoms with van der Waals surface area (Å²) in [6.45, 7) is 2.06. The molecule has 4 nitrogen and oxygen atoms in total. The number of benzene rings is 1. The van der Waals surface area contributed by atoms with Crippen LogP contribution in [0.3, 0.4) is 0 Å². The second kappa shape index (κ2) is 6.65. The molecule has 5 heteroatoms. The van der Waals surface area contributed by atoms with Crippen LogP contribution in [0.15, 0.2) is 42.5 Å². The second-order valence-electron chi connectivity index (χ2n) is 3.27. The van der Waals surface area contributed by atoms with Crippen LogP contribution in [0.4, 0.5) is 0 Å². The number of allylic oxidation sites excluding steroid dienone is 1. The fraction of sp³-hybridized carbons (Fsp3) is 0.167. The minimum Gasteiger partial charge on any atom is -0.374 e. The molecule has 0 aliphatic heterocycles. The molecule has 0 bridgehead atoms. The van der Waals surface area contributed by atoms with E-state index in [1.54, 1.807) is 13.0 Å². The lowest BCUT2D eigenvalue weighted by atomic mass is 10.2. The summed E-state index contributed by atoms with van der Waals surface area (Å²) in [5.74, 6) is -0.503. The van der Waals surface area contributed by atoms with Crippen molar-refractivity contribution in [1.82, 2.24) is 5.06 Å². The summed E-state index contributed by atoms with van der Waals surface area (Å²) in [7, 11) is 0. The van der Waals surface area contributed by atoms with E-state index in [0.29, 0.717) is 6.54 Å². The van der Waals surface area contributed by atoms with Crippen molar-refractivity contribution >= 4 is 23.3 Å². The molecule has 1 aromatic rings. The van der Waals surface area contributed by atoms with E-state index in [-0.39, 0.29) is 5.11 Å². The standard InChI is InChI=1S/C12H14N2O2S/c1-2-6-11(15)16-14(12(13)17)9-10-7-4-3-5-8-10/h2-8H,9H2,1H3,(H2,13,17)/b6-2+. The Morgan fingerprint density at radius 1 is 1.47 bits per heavy atom. The molecule has 0 atom stereocenters. The first-order valence-electron chi connectivity index (χ1n) is 5.09. The number of nitrogens with two attached hydrogens (primary N) is 1. The van der Waals surface area contributed by atoms with Gasteiger partial charge in [0.2, 0.25) is 5.11 Å². The minimum absolute atomic E-state index is 0.0201. The Labute approximate surface area is 106 Å². The van der Waals surface area contributed by atoms with Gasteiger partial charge in [-0.05, 0) is 24.7 Å². The van der Waals surface area contributed by atoms with Crippen LogP contribution in [0.25, 0.3) is 0 Å². The highest BCUT2D eigenvalue weighted by molar-refractivity contribution is 7.80. The fourth-order valence-electron chi connectivity index (χ4n) is 1.18. The molecule has 0 aromatic heterocycles. The number of carbonyl (C=O) groups excluding carboxylic acids is 1. The number of nitrogens with zero attached hydrogens (tertiary/aromatic N) is 1. The highest BCUT2D eigenvalue weighted by atomic mass is 32.1. The van der Waals surface area contributed by atoms with Gasteiger partial charge in [-0.25, -0.2) is 4.79 Å². The Hall–Kier alpha value is -1.88. The molecule has 0 fully saturated rings. The van der Waals surface area contributed by atoms with Crippen molar-refractivity contribution < 1.29 is 9.63 Å². The van der Waals surface area contributed by atoms with Gasteiger partial charge < -0.3 is 10.6 Å². The zero-order chi connectivity index (χ0) is 12.7. The molecule has 2 N–H and O–H groups in total. The van der Waals surface area contributed by atoms with Gasteiger partial charge in [0.25, 0.3) is 0 Å². The summed E-state index contributed by atoms with van der Waals surface area (Å²) < 4.78 is 0. The minimum atomic E-state index is -0.503. The van der Waals surface area contributed by atoms with Gasteiger partial charge in [0, 0.05) is 6.08 Å². The SMILES string of the molecule is C/C=C/C(=O)ON(Cc1ccccc1)C(N)=S. The molecule has 0 heterocycles. The van der Waals surface area contributed by atoms with E-state index in [1.165, 1.54) is 11.1 Å². The molecule has 0 unspecified atom stereocenters. The molecule has 1 rings (SSSR count). The van der Waals surface area contributed by atoms with Crippen molar-refractivity contribution in [3.8, 4) is 0 Å². The summed E-state index contributed by atoms with van der Waals surface area (Å²) in [4.78, 5) is 16.3. The van der Waals surface area contributed by atoms with Crippen molar-refractivity contribution in [3.05, 3.63) is 48.0 Å². The Balaban J connectivity index is 2.67. The van der Waals surface area contributed by atoms with Gasteiger partial charge in [0.15, 0.2) is 0 Å². The quantitative estimate of drug-likeness (QED) is 0.503. The van der Waals surface area contributed by atoms with Gasteiger partial charge in [-0.1, -0.05) is 36.4 Å². The van der Waals surface area contributed by atoms with Crippen LogP contribution in [0.1, 0.15) is 12.5 Å². The Morgan fingerprint density at radius 2 is 2.12 bits per heavy atom. The van der Waals surface area contributed by atoms with Gasteiger partial charge in [-0.3, -0.25) is 0 Å². The lowest BCUT2D eigenvalue weighted by Gasteiger charge is -2.20. The third kappa shape index (κ3) is 4.65. The Bertz CT molecular complexity index is 418. The third-order valence-corrected chi connectivity index (χ3v) is 2.12. The lowest BCUT2D eigenvalue weighted by molar-refractivity contribution is -0.167. The van der Waals surface area contributed by atoms with Gasteiger partial charge in [0.05, 0.1) is 6.54 Å². The van der Waals surface area contributed by atoms with Crippen LogP contribution in [0.5, 0.6) is 0 Å². The maximum absolute atomic E-state index is 11.3. The van der Waals surface area contributed by atoms with Crippen molar-refractivity contribution in [2.75, 3.05) is 0 Å². The Morgan fingerprint density at radius 3 is 2.65 bits per heavy atom. The largest absolute Gasteiger partial charge is 0.374 e. The van der Waals surface area contributed by atoms with Crippen molar-refractivity contribution in [1.29, 1.82) is 0 Å². The van der Waals surface area contributed by atoms with E-state index in [1.807, 2.05) is 30.3 Å². The second-order valence-corrected chi connectivity index (χ2v) is 3.69. The molecule has 0 radical (unpaired) electrons. The average molecular weight is 250 g/mol. The van der Waals surface area contributed by atoms with Crippen LogP contribution >= 0.6 is 12.2 Å². The monoisotopic (exact) mass is 250 g/mol. The van der Waals surface area contributed by atoms with E-state index >= 15 is 0 Å². The number of carbonyl (C=O) groups is 1. The maximum Gasteiger partial charge on any atom is 0.355 e. The van der Waals surface area contributed by atoms with Crippen molar-refractivity contribution in [2.24, 2.45) is 5.73 Å². The molecular weight excluding hydrogens is 236 g/mol. The first-order valence-corrected chi connectivity index (χ1v) is 5.50. The van der Waals surface area contributed by atoms with E-state index in [0.717, 1.165) is 5.56 Å². The first kappa shape index (κ1) is 13.2. The molecule has 0 amide bonds. The summed E-state index contributed by atoms with van der Waals surface area (Å²) in [6.07, 6.45) is 2.89. The van der Waals surface area contributed by atoms with Gasteiger partial charge in [0.1, 0.15) is 0 Å². The van der Waals surface area contributed by atoms with E-state index in [4.69, 9.17) is 22.8 Å². The van der Waals surface area contributed by atoms with Crippen LogP contribution in [-0.4, -0.2) is 16.1 Å². The smallest absolute Gasteiger partial charge is 0.355 e. The molecule has 17 heavy (non-hydrogen) atoms. The van der Waals surface area contributed by atoms with Gasteiger partial charge in [-0.15, -0.1) is 0 Å². The predicted molar refractivity (Wildman–Crippen MR) is 69.7 cm³/mol. The number of hydroxylamine groups is 2. The number of hydrogen-bond donors (Lipinski definition) is 1. The topological polar surface area (TPSA) is 55.6 Å². The predicted octanol–water partition coefficient (Wildman–Crippen LogP) is 1.77. The highest BCUT2D eigenvalue weighted by Gasteiger charge is 2.11. The van der Waals surface area contributed by atoms with Crippen LogP contribution in [-0.2, 0) is 16.2 Å². The number of hydrogen-bond acceptors (Lipinski definition) is 3. The summed E-state index contributed by atoms with van der Waals surface area (Å²) in [6, 6.07) is 9.48. The molecule has 0 spiro atoms. The van der Waals surface area contributed by atoms with E-state index < -0.39 is 5.97 Å². The molecular formula is C12H14N2O2S. The van der Waals surface area contributed by atoms with Crippen molar-refractivity contribution in [3.63, 3.8) is 0 Å². The van der Waals surface area contributed by atoms with Crippen LogP contribution in [0.2, 0.25) is 0 Å². The summed E-state index contributed by atoms with van der Waals surface area (Å²) in [5, 5.41) is 1.21. The fourth-order valence-corrected chi connectivity index (χ4v) is 1.28. The third-order valence-electron chi connectivity index (χ3n) is 1.92. The first-order chi connectivity index (χ1) is 8.13. The summed E-state index contributed by atoms with van der Waals surface area (Å²) >= 11 is 4.82. The average Bonchev–Trinajstić information content (AvgIpc) is 2.29. The summed E-state index contributed by atoms with van der Waals surface area (Å²) in [5.41, 5.74) is 6.44. The molecule has 90 valence electrons. The Kier molecular flexibility index (Phi) is 5.16. The molecule has 0 aliphatic rings. The molecule has 0 saturated carbocycles. The zero-order valence-electron chi connectivity index (χ0n) is 9.50. The van der Waals surface area contributed by atoms with Crippen molar-refractivity contribution in [2.45, 2.75) is 13.5 Å². The van der Waals surface area contributed by atoms with Gasteiger partial charge >= 0.3 is 5.97 Å². The number of rotatable bonds is 3. The lowest BCUT2D eigenvalue weighted by Crippen LogP contribution is -2.36. The van der Waals surface area contributed by atoms with Crippen LogP contribution < -0.4 is 5.73 Å². The maximum atomic E-state index is 11.3. The molecule has 0 saturated heterocycles. The highest BCUT2D eigenvalue weighted by Crippen LogP contribution is 2.05. The van der Waals surface area contributed by atoms with Gasteiger partial charge in [-0.2, -0.15) is 5.06 Å². The normalized spacial score (nSPS) is 10.2. The van der Waals surface area contributed by atoms with Crippen LogP contribution in [0, 0.1) is 0 Å². The molecule has 0 aliphatic carbocycles. The zero-order valence-corrected chi connectivity index (χ0v) is 10.3. The number of thiocarbonyl (C=S) groups is 1. The molecule has 1 aromatic carbocycles.